The lowest BCUT2D eigenvalue weighted by molar-refractivity contribution is -0.127. The quantitative estimate of drug-likeness (QED) is 0.590. The first-order chi connectivity index (χ1) is 13.1. The van der Waals surface area contributed by atoms with Crippen LogP contribution in [0.3, 0.4) is 0 Å². The van der Waals surface area contributed by atoms with Crippen LogP contribution >= 0.6 is 23.4 Å². The van der Waals surface area contributed by atoms with Crippen LogP contribution in [-0.2, 0) is 11.3 Å². The Morgan fingerprint density at radius 1 is 1.30 bits per heavy atom. The molecule has 3 aliphatic rings. The lowest BCUT2D eigenvalue weighted by atomic mass is 9.87. The number of rotatable bonds is 6. The summed E-state index contributed by atoms with van der Waals surface area (Å²) < 4.78 is 0. The Balaban J connectivity index is 1.30. The first-order valence-corrected chi connectivity index (χ1v) is 10.6. The molecule has 8 heteroatoms. The average molecular weight is 404 g/mol. The van der Waals surface area contributed by atoms with Gasteiger partial charge in [-0.25, -0.2) is 9.97 Å². The molecule has 0 aliphatic carbocycles. The Morgan fingerprint density at radius 3 is 2.81 bits per heavy atom. The van der Waals surface area contributed by atoms with Gasteiger partial charge in [0.25, 0.3) is 0 Å². The molecule has 1 N–H and O–H groups in total. The van der Waals surface area contributed by atoms with Crippen LogP contribution in [-0.4, -0.2) is 58.7 Å². The number of piperazine rings is 1. The molecule has 0 spiro atoms. The molecule has 27 heavy (non-hydrogen) atoms. The molecule has 5 rings (SSSR count). The van der Waals surface area contributed by atoms with E-state index < -0.39 is 0 Å². The van der Waals surface area contributed by atoms with Gasteiger partial charge in [-0.1, -0.05) is 41.6 Å². The highest BCUT2D eigenvalue weighted by atomic mass is 35.5. The smallest absolute Gasteiger partial charge is 0.234 e. The lowest BCUT2D eigenvalue weighted by Gasteiger charge is -2.56. The predicted octanol–water partition coefficient (Wildman–Crippen LogP) is 2.43. The van der Waals surface area contributed by atoms with Crippen molar-refractivity contribution in [3.63, 3.8) is 0 Å². The van der Waals surface area contributed by atoms with Crippen LogP contribution in [0.2, 0.25) is 5.02 Å². The van der Waals surface area contributed by atoms with Crippen molar-refractivity contribution in [2.75, 3.05) is 30.8 Å². The molecule has 6 nitrogen and oxygen atoms in total. The minimum atomic E-state index is 0.0461. The van der Waals surface area contributed by atoms with Crippen LogP contribution in [0.4, 0.5) is 5.82 Å². The summed E-state index contributed by atoms with van der Waals surface area (Å²) >= 11 is 7.70. The van der Waals surface area contributed by atoms with Crippen molar-refractivity contribution >= 4 is 35.1 Å². The van der Waals surface area contributed by atoms with Crippen molar-refractivity contribution in [3.05, 3.63) is 47.1 Å². The summed E-state index contributed by atoms with van der Waals surface area (Å²) in [5.41, 5.74) is 0.941. The number of hydrogen-bond acceptors (Lipinski definition) is 6. The zero-order valence-corrected chi connectivity index (χ0v) is 16.7. The molecule has 2 aromatic rings. The Bertz CT molecular complexity index is 823. The SMILES string of the molecule is CSc1nccc(N2CC3CC(C2)N3CC(=O)NCc2ccccc2Cl)n1. The maximum atomic E-state index is 12.4. The maximum absolute atomic E-state index is 12.4. The van der Waals surface area contributed by atoms with Crippen LogP contribution in [0, 0.1) is 0 Å². The highest BCUT2D eigenvalue weighted by Crippen LogP contribution is 2.33. The van der Waals surface area contributed by atoms with Gasteiger partial charge in [-0.2, -0.15) is 0 Å². The number of aromatic nitrogens is 2. The van der Waals surface area contributed by atoms with Crippen LogP contribution in [0.5, 0.6) is 0 Å². The largest absolute Gasteiger partial charge is 0.353 e. The number of carbonyl (C=O) groups is 1. The number of hydrogen-bond donors (Lipinski definition) is 1. The summed E-state index contributed by atoms with van der Waals surface area (Å²) in [4.78, 5) is 25.8. The molecule has 0 saturated carbocycles. The molecule has 1 aromatic carbocycles. The number of carbonyl (C=O) groups excluding carboxylic acids is 1. The van der Waals surface area contributed by atoms with Gasteiger partial charge in [-0.3, -0.25) is 9.69 Å². The summed E-state index contributed by atoms with van der Waals surface area (Å²) in [6.45, 7) is 2.71. The molecule has 4 heterocycles. The molecule has 3 fully saturated rings. The minimum Gasteiger partial charge on any atom is -0.353 e. The third kappa shape index (κ3) is 4.05. The number of piperidine rings is 1. The topological polar surface area (TPSA) is 61.4 Å². The van der Waals surface area contributed by atoms with Gasteiger partial charge in [0.1, 0.15) is 5.82 Å². The second kappa shape index (κ2) is 8.04. The first-order valence-electron chi connectivity index (χ1n) is 9.02. The molecule has 3 aliphatic heterocycles. The normalized spacial score (nSPS) is 21.6. The van der Waals surface area contributed by atoms with Crippen molar-refractivity contribution in [3.8, 4) is 0 Å². The molecule has 1 amide bonds. The standard InChI is InChI=1S/C19H22ClN5OS/c1-27-19-21-7-6-17(23-19)24-10-14-8-15(11-24)25(14)12-18(26)22-9-13-4-2-3-5-16(13)20/h2-7,14-15H,8-12H2,1H3,(H,22,26). The molecule has 2 atom stereocenters. The average Bonchev–Trinajstić information content (AvgIpc) is 2.71. The number of amides is 1. The second-order valence-corrected chi connectivity index (χ2v) is 8.07. The maximum Gasteiger partial charge on any atom is 0.234 e. The second-order valence-electron chi connectivity index (χ2n) is 6.89. The molecule has 2 unspecified atom stereocenters. The fourth-order valence-corrected chi connectivity index (χ4v) is 4.35. The minimum absolute atomic E-state index is 0.0461. The van der Waals surface area contributed by atoms with Crippen LogP contribution < -0.4 is 10.2 Å². The van der Waals surface area contributed by atoms with Gasteiger partial charge in [0.15, 0.2) is 5.16 Å². The van der Waals surface area contributed by atoms with E-state index in [1.807, 2.05) is 42.8 Å². The van der Waals surface area contributed by atoms with E-state index in [1.165, 1.54) is 0 Å². The molecule has 3 saturated heterocycles. The molecule has 0 radical (unpaired) electrons. The van der Waals surface area contributed by atoms with E-state index in [4.69, 9.17) is 11.6 Å². The summed E-state index contributed by atoms with van der Waals surface area (Å²) in [6.07, 6.45) is 4.94. The molecule has 1 aromatic heterocycles. The third-order valence-corrected chi connectivity index (χ3v) is 6.16. The number of anilines is 1. The molecular formula is C19H22ClN5OS. The van der Waals surface area contributed by atoms with Crippen LogP contribution in [0.25, 0.3) is 0 Å². The summed E-state index contributed by atoms with van der Waals surface area (Å²) in [5, 5.41) is 4.46. The van der Waals surface area contributed by atoms with E-state index in [2.05, 4.69) is 25.1 Å². The zero-order valence-electron chi connectivity index (χ0n) is 15.1. The highest BCUT2D eigenvalue weighted by molar-refractivity contribution is 7.98. The van der Waals surface area contributed by atoms with Crippen molar-refractivity contribution in [2.24, 2.45) is 0 Å². The molecular weight excluding hydrogens is 382 g/mol. The van der Waals surface area contributed by atoms with Gasteiger partial charge >= 0.3 is 0 Å². The van der Waals surface area contributed by atoms with Gasteiger partial charge in [0.05, 0.1) is 6.54 Å². The number of thioether (sulfide) groups is 1. The Labute approximate surface area is 168 Å². The lowest BCUT2D eigenvalue weighted by Crippen LogP contribution is -2.70. The van der Waals surface area contributed by atoms with Crippen LogP contribution in [0.1, 0.15) is 12.0 Å². The fourth-order valence-electron chi connectivity index (χ4n) is 3.80. The highest BCUT2D eigenvalue weighted by Gasteiger charge is 2.45. The van der Waals surface area contributed by atoms with Gasteiger partial charge < -0.3 is 10.2 Å². The van der Waals surface area contributed by atoms with Crippen molar-refractivity contribution in [1.82, 2.24) is 20.2 Å². The fraction of sp³-hybridized carbons (Fsp3) is 0.421. The van der Waals surface area contributed by atoms with Gasteiger partial charge in [0.2, 0.25) is 5.91 Å². The monoisotopic (exact) mass is 403 g/mol. The van der Waals surface area contributed by atoms with Gasteiger partial charge in [-0.05, 0) is 30.4 Å². The van der Waals surface area contributed by atoms with Gasteiger partial charge in [0, 0.05) is 42.9 Å². The Kier molecular flexibility index (Phi) is 5.52. The van der Waals surface area contributed by atoms with Crippen molar-refractivity contribution < 1.29 is 4.79 Å². The molecule has 142 valence electrons. The number of halogens is 1. The number of nitrogens with one attached hydrogen (secondary N) is 1. The van der Waals surface area contributed by atoms with Crippen LogP contribution in [0.15, 0.2) is 41.7 Å². The number of fused-ring (bicyclic) bond motifs is 2. The van der Waals surface area contributed by atoms with Gasteiger partial charge in [-0.15, -0.1) is 0 Å². The van der Waals surface area contributed by atoms with E-state index >= 15 is 0 Å². The van der Waals surface area contributed by atoms with E-state index in [0.29, 0.717) is 30.2 Å². The number of benzene rings is 1. The van der Waals surface area contributed by atoms with E-state index in [-0.39, 0.29) is 5.91 Å². The Hall–Kier alpha value is -1.83. The predicted molar refractivity (Wildman–Crippen MR) is 108 cm³/mol. The van der Waals surface area contributed by atoms with E-state index in [0.717, 1.165) is 36.0 Å². The van der Waals surface area contributed by atoms with Crippen molar-refractivity contribution in [2.45, 2.75) is 30.2 Å². The Morgan fingerprint density at radius 2 is 2.07 bits per heavy atom. The summed E-state index contributed by atoms with van der Waals surface area (Å²) in [7, 11) is 0. The number of nitrogens with zero attached hydrogens (tertiary/aromatic N) is 4. The van der Waals surface area contributed by atoms with E-state index in [1.54, 1.807) is 11.8 Å². The third-order valence-electron chi connectivity index (χ3n) is 5.23. The summed E-state index contributed by atoms with van der Waals surface area (Å²) in [5.74, 6) is 1.02. The van der Waals surface area contributed by atoms with Crippen molar-refractivity contribution in [1.29, 1.82) is 0 Å². The zero-order chi connectivity index (χ0) is 18.8. The molecule has 2 bridgehead atoms. The first kappa shape index (κ1) is 18.5. The van der Waals surface area contributed by atoms with E-state index in [9.17, 15) is 4.79 Å². The summed E-state index contributed by atoms with van der Waals surface area (Å²) in [6, 6.07) is 10.4.